The van der Waals surface area contributed by atoms with Gasteiger partial charge in [-0.15, -0.1) is 0 Å². The quantitative estimate of drug-likeness (QED) is 0.613. The molecule has 4 saturated carbocycles. The summed E-state index contributed by atoms with van der Waals surface area (Å²) in [6, 6.07) is 10.7. The Balaban J connectivity index is 1.59. The van der Waals surface area contributed by atoms with Crippen LogP contribution in [0.4, 0.5) is 0 Å². The number of rotatable bonds is 5. The highest BCUT2D eigenvalue weighted by Gasteiger charge is 2.70. The molecule has 0 aliphatic heterocycles. The lowest BCUT2D eigenvalue weighted by Gasteiger charge is -2.48. The molecule has 4 fully saturated rings. The number of ketones is 2. The van der Waals surface area contributed by atoms with E-state index in [2.05, 4.69) is 58.0 Å². The van der Waals surface area contributed by atoms with E-state index in [9.17, 15) is 9.59 Å². The third kappa shape index (κ3) is 2.29. The van der Waals surface area contributed by atoms with Crippen LogP contribution in [0, 0.1) is 39.4 Å². The first-order valence-corrected chi connectivity index (χ1v) is 11.8. The molecule has 0 N–H and O–H groups in total. The highest BCUT2D eigenvalue weighted by atomic mass is 16.1. The van der Waals surface area contributed by atoms with Gasteiger partial charge in [-0.2, -0.15) is 0 Å². The number of carbonyl (C=O) groups is 2. The Kier molecular flexibility index (Phi) is 4.07. The van der Waals surface area contributed by atoms with Gasteiger partial charge in [0, 0.05) is 23.7 Å². The van der Waals surface area contributed by atoms with Gasteiger partial charge in [0.25, 0.3) is 0 Å². The topological polar surface area (TPSA) is 34.1 Å². The van der Waals surface area contributed by atoms with Crippen LogP contribution in [0.3, 0.4) is 0 Å². The predicted octanol–water partition coefficient (Wildman–Crippen LogP) is 6.03. The second-order valence-corrected chi connectivity index (χ2v) is 11.8. The van der Waals surface area contributed by atoms with Gasteiger partial charge in [-0.05, 0) is 72.7 Å². The maximum atomic E-state index is 13.5. The van der Waals surface area contributed by atoms with Gasteiger partial charge in [0.15, 0.2) is 0 Å². The number of hydrogen-bond acceptors (Lipinski definition) is 2. The fourth-order valence-electron chi connectivity index (χ4n) is 8.66. The van der Waals surface area contributed by atoms with Crippen molar-refractivity contribution in [3.05, 3.63) is 35.9 Å². The predicted molar refractivity (Wildman–Crippen MR) is 115 cm³/mol. The van der Waals surface area contributed by atoms with Gasteiger partial charge in [0.1, 0.15) is 11.6 Å². The average molecular weight is 393 g/mol. The van der Waals surface area contributed by atoms with E-state index in [4.69, 9.17) is 0 Å². The van der Waals surface area contributed by atoms with Crippen molar-refractivity contribution in [2.75, 3.05) is 0 Å². The summed E-state index contributed by atoms with van der Waals surface area (Å²) < 4.78 is 0. The second kappa shape index (κ2) is 6.05. The molecular weight excluding hydrogens is 356 g/mol. The summed E-state index contributed by atoms with van der Waals surface area (Å²) in [5.74, 6) is 2.31. The molecule has 0 saturated heterocycles. The standard InChI is InChI=1S/C27H36O2/c1-24(2)19-10-12-26(24,22(28)15-19)17-21(14-18-8-6-5-7-9-18)27-13-11-20(16-23(27)29)25(27,3)4/h5-9,19-21H,10-17H2,1-4H3. The molecule has 5 unspecified atom stereocenters. The van der Waals surface area contributed by atoms with Crippen molar-refractivity contribution in [1.29, 1.82) is 0 Å². The van der Waals surface area contributed by atoms with Crippen molar-refractivity contribution >= 4 is 11.6 Å². The van der Waals surface area contributed by atoms with Crippen LogP contribution in [-0.4, -0.2) is 11.6 Å². The Morgan fingerprint density at radius 3 is 2.00 bits per heavy atom. The first-order valence-electron chi connectivity index (χ1n) is 11.8. The molecule has 0 aromatic heterocycles. The largest absolute Gasteiger partial charge is 0.299 e. The number of fused-ring (bicyclic) bond motifs is 4. The molecule has 5 rings (SSSR count). The van der Waals surface area contributed by atoms with Gasteiger partial charge < -0.3 is 0 Å². The number of hydrogen-bond donors (Lipinski definition) is 0. The SMILES string of the molecule is CC1(C)C2CCC1(CC(Cc1ccccc1)C13CCC(CC1=O)C3(C)C)C(=O)C2. The molecule has 156 valence electrons. The van der Waals surface area contributed by atoms with Crippen LogP contribution in [0.2, 0.25) is 0 Å². The van der Waals surface area contributed by atoms with Gasteiger partial charge in [-0.3, -0.25) is 9.59 Å². The maximum Gasteiger partial charge on any atom is 0.140 e. The fraction of sp³-hybridized carbons (Fsp3) is 0.704. The minimum Gasteiger partial charge on any atom is -0.299 e. The van der Waals surface area contributed by atoms with Crippen LogP contribution < -0.4 is 0 Å². The number of Topliss-reactive ketones (excluding diaryl/α,β-unsaturated/α-hetero) is 2. The monoisotopic (exact) mass is 392 g/mol. The fourth-order valence-corrected chi connectivity index (χ4v) is 8.66. The highest BCUT2D eigenvalue weighted by Crippen LogP contribution is 2.72. The van der Waals surface area contributed by atoms with E-state index < -0.39 is 0 Å². The van der Waals surface area contributed by atoms with Crippen LogP contribution >= 0.6 is 0 Å². The van der Waals surface area contributed by atoms with Crippen molar-refractivity contribution in [3.8, 4) is 0 Å². The smallest absolute Gasteiger partial charge is 0.140 e. The van der Waals surface area contributed by atoms with Crippen LogP contribution in [0.15, 0.2) is 30.3 Å². The number of benzene rings is 1. The zero-order chi connectivity index (χ0) is 20.7. The summed E-state index contributed by atoms with van der Waals surface area (Å²) in [5.41, 5.74) is 0.964. The summed E-state index contributed by atoms with van der Waals surface area (Å²) in [5, 5.41) is 0. The summed E-state index contributed by atoms with van der Waals surface area (Å²) in [4.78, 5) is 26.9. The summed E-state index contributed by atoms with van der Waals surface area (Å²) >= 11 is 0. The minimum atomic E-state index is -0.251. The molecule has 0 amide bonds. The third-order valence-electron chi connectivity index (χ3n) is 10.7. The van der Waals surface area contributed by atoms with E-state index in [0.717, 1.165) is 38.5 Å². The Bertz CT molecular complexity index is 851. The lowest BCUT2D eigenvalue weighted by atomic mass is 9.54. The molecule has 0 heterocycles. The van der Waals surface area contributed by atoms with Crippen LogP contribution in [0.25, 0.3) is 0 Å². The lowest BCUT2D eigenvalue weighted by Crippen LogP contribution is -2.48. The number of carbonyl (C=O) groups excluding carboxylic acids is 2. The van der Waals surface area contributed by atoms with Crippen molar-refractivity contribution in [2.45, 2.75) is 79.1 Å². The maximum absolute atomic E-state index is 13.5. The van der Waals surface area contributed by atoms with Gasteiger partial charge in [0.2, 0.25) is 0 Å². The normalized spacial score (nSPS) is 40.0. The van der Waals surface area contributed by atoms with Gasteiger partial charge >= 0.3 is 0 Å². The summed E-state index contributed by atoms with van der Waals surface area (Å²) in [6.07, 6.45) is 7.77. The minimum absolute atomic E-state index is 0.0456. The molecule has 1 aromatic rings. The summed E-state index contributed by atoms with van der Waals surface area (Å²) in [7, 11) is 0. The Hall–Kier alpha value is -1.44. The molecule has 4 aliphatic rings. The molecule has 4 aliphatic carbocycles. The van der Waals surface area contributed by atoms with Gasteiger partial charge in [-0.25, -0.2) is 0 Å². The van der Waals surface area contributed by atoms with E-state index in [1.165, 1.54) is 18.4 Å². The van der Waals surface area contributed by atoms with E-state index in [-0.39, 0.29) is 27.6 Å². The van der Waals surface area contributed by atoms with E-state index >= 15 is 0 Å². The van der Waals surface area contributed by atoms with E-state index in [1.54, 1.807) is 0 Å². The highest BCUT2D eigenvalue weighted by molar-refractivity contribution is 5.91. The Morgan fingerprint density at radius 1 is 0.862 bits per heavy atom. The molecule has 2 nitrogen and oxygen atoms in total. The Labute approximate surface area is 175 Å². The third-order valence-corrected chi connectivity index (χ3v) is 10.7. The zero-order valence-corrected chi connectivity index (χ0v) is 18.6. The van der Waals surface area contributed by atoms with Crippen LogP contribution in [-0.2, 0) is 16.0 Å². The van der Waals surface area contributed by atoms with E-state index in [0.29, 0.717) is 23.4 Å². The molecule has 5 atom stereocenters. The lowest BCUT2D eigenvalue weighted by molar-refractivity contribution is -0.140. The first-order chi connectivity index (χ1) is 13.6. The Morgan fingerprint density at radius 2 is 1.48 bits per heavy atom. The summed E-state index contributed by atoms with van der Waals surface area (Å²) in [6.45, 7) is 9.38. The molecule has 2 heteroatoms. The molecule has 1 aromatic carbocycles. The van der Waals surface area contributed by atoms with Gasteiger partial charge in [-0.1, -0.05) is 58.0 Å². The molecule has 4 bridgehead atoms. The van der Waals surface area contributed by atoms with Crippen molar-refractivity contribution < 1.29 is 9.59 Å². The molecule has 29 heavy (non-hydrogen) atoms. The molecule has 0 radical (unpaired) electrons. The van der Waals surface area contributed by atoms with Crippen molar-refractivity contribution in [2.24, 2.45) is 39.4 Å². The van der Waals surface area contributed by atoms with Crippen LogP contribution in [0.1, 0.15) is 78.2 Å². The van der Waals surface area contributed by atoms with Crippen molar-refractivity contribution in [3.63, 3.8) is 0 Å². The molecular formula is C27H36O2. The van der Waals surface area contributed by atoms with Crippen LogP contribution in [0.5, 0.6) is 0 Å². The first kappa shape index (κ1) is 19.5. The zero-order valence-electron chi connectivity index (χ0n) is 18.6. The van der Waals surface area contributed by atoms with E-state index in [1.807, 2.05) is 0 Å². The second-order valence-electron chi connectivity index (χ2n) is 11.8. The van der Waals surface area contributed by atoms with Gasteiger partial charge in [0.05, 0.1) is 0 Å². The molecule has 0 spiro atoms. The average Bonchev–Trinajstić information content (AvgIpc) is 3.22. The van der Waals surface area contributed by atoms with Crippen molar-refractivity contribution in [1.82, 2.24) is 0 Å².